The molecule has 0 spiro atoms. The van der Waals surface area contributed by atoms with Gasteiger partial charge in [0.25, 0.3) is 0 Å². The van der Waals surface area contributed by atoms with Crippen LogP contribution in [0.5, 0.6) is 5.75 Å². The first-order chi connectivity index (χ1) is 5.75. The molecule has 0 aromatic heterocycles. The monoisotopic (exact) mass is 164 g/mol. The van der Waals surface area contributed by atoms with Gasteiger partial charge in [-0.15, -0.1) is 0 Å². The Labute approximate surface area is 70.3 Å². The van der Waals surface area contributed by atoms with Crippen LogP contribution in [0.2, 0.25) is 0 Å². The van der Waals surface area contributed by atoms with Crippen molar-refractivity contribution < 1.29 is 14.8 Å². The van der Waals surface area contributed by atoms with Crippen molar-refractivity contribution in [2.45, 2.75) is 6.92 Å². The number of hydrogen-bond acceptors (Lipinski definition) is 1. The number of fused-ring (bicyclic) bond motifs is 1. The van der Waals surface area contributed by atoms with Gasteiger partial charge in [0, 0.05) is 6.07 Å². The summed E-state index contributed by atoms with van der Waals surface area (Å²) in [5.74, 6) is 0.958. The lowest BCUT2D eigenvalue weighted by molar-refractivity contribution is -0.374. The van der Waals surface area contributed by atoms with Crippen molar-refractivity contribution in [3.63, 3.8) is 0 Å². The standard InChI is InChI=1S/C9H9NO2/c1-6-2-3-7-8(4-6)12-5-9(11)10-7/h2-4H,5H2,1H3,(H,10,11)/p+1. The van der Waals surface area contributed by atoms with Crippen LogP contribution in [0.4, 0.5) is 5.69 Å². The molecule has 0 amide bonds. The number of aryl methyl sites for hydroxylation is 1. The Kier molecular flexibility index (Phi) is 1.50. The summed E-state index contributed by atoms with van der Waals surface area (Å²) in [5.41, 5.74) is 1.97. The molecule has 1 aromatic carbocycles. The van der Waals surface area contributed by atoms with E-state index in [4.69, 9.17) is 9.84 Å². The van der Waals surface area contributed by atoms with E-state index in [9.17, 15) is 0 Å². The minimum absolute atomic E-state index is 0.159. The smallest absolute Gasteiger partial charge is 0.377 e. The van der Waals surface area contributed by atoms with Gasteiger partial charge in [-0.2, -0.15) is 4.99 Å². The highest BCUT2D eigenvalue weighted by molar-refractivity contribution is 5.72. The average molecular weight is 164 g/mol. The van der Waals surface area contributed by atoms with Crippen molar-refractivity contribution >= 4 is 11.6 Å². The molecule has 3 nitrogen and oxygen atoms in total. The van der Waals surface area contributed by atoms with Crippen LogP contribution in [0.25, 0.3) is 0 Å². The summed E-state index contributed by atoms with van der Waals surface area (Å²) in [6.45, 7) is 2.23. The lowest BCUT2D eigenvalue weighted by Gasteiger charge is -2.08. The summed E-state index contributed by atoms with van der Waals surface area (Å²) in [7, 11) is 0. The molecule has 0 radical (unpaired) electrons. The Bertz CT molecular complexity index is 344. The fraction of sp³-hybridized carbons (Fsp3) is 0.222. The van der Waals surface area contributed by atoms with Gasteiger partial charge in [-0.1, -0.05) is 6.07 Å². The third-order valence-electron chi connectivity index (χ3n) is 1.78. The second-order valence-corrected chi connectivity index (χ2v) is 2.86. The molecule has 12 heavy (non-hydrogen) atoms. The molecule has 0 saturated heterocycles. The fourth-order valence-electron chi connectivity index (χ4n) is 1.19. The molecule has 0 atom stereocenters. The number of nitrogens with one attached hydrogen (secondary N) is 1. The Balaban J connectivity index is 2.51. The predicted molar refractivity (Wildman–Crippen MR) is 44.9 cm³/mol. The average Bonchev–Trinajstić information content (AvgIpc) is 2.05. The first-order valence-corrected chi connectivity index (χ1v) is 3.81. The van der Waals surface area contributed by atoms with Crippen LogP contribution in [0.15, 0.2) is 18.2 Å². The van der Waals surface area contributed by atoms with E-state index in [1.165, 1.54) is 0 Å². The van der Waals surface area contributed by atoms with E-state index < -0.39 is 0 Å². The van der Waals surface area contributed by atoms with Gasteiger partial charge in [-0.05, 0) is 18.6 Å². The molecule has 0 aliphatic carbocycles. The second-order valence-electron chi connectivity index (χ2n) is 2.86. The number of hydrogen-bond donors (Lipinski definition) is 2. The van der Waals surface area contributed by atoms with Gasteiger partial charge in [0.2, 0.25) is 12.3 Å². The third-order valence-corrected chi connectivity index (χ3v) is 1.78. The molecule has 1 aliphatic rings. The topological polar surface area (TPSA) is 43.4 Å². The molecule has 1 aliphatic heterocycles. The molecular weight excluding hydrogens is 154 g/mol. The Morgan fingerprint density at radius 3 is 3.17 bits per heavy atom. The minimum Gasteiger partial charge on any atom is -0.472 e. The molecule has 1 heterocycles. The quantitative estimate of drug-likeness (QED) is 0.569. The van der Waals surface area contributed by atoms with E-state index in [2.05, 4.69) is 4.99 Å². The highest BCUT2D eigenvalue weighted by atomic mass is 16.5. The first-order valence-electron chi connectivity index (χ1n) is 3.81. The van der Waals surface area contributed by atoms with Crippen molar-refractivity contribution in [2.75, 3.05) is 6.61 Å². The lowest BCUT2D eigenvalue weighted by atomic mass is 10.2. The second kappa shape index (κ2) is 2.52. The van der Waals surface area contributed by atoms with E-state index in [1.807, 2.05) is 25.1 Å². The summed E-state index contributed by atoms with van der Waals surface area (Å²) in [6, 6.07) is 5.79. The predicted octanol–water partition coefficient (Wildman–Crippen LogP) is 0.0560. The number of benzene rings is 1. The van der Waals surface area contributed by atoms with Crippen LogP contribution in [0.3, 0.4) is 0 Å². The van der Waals surface area contributed by atoms with Crippen LogP contribution in [-0.4, -0.2) is 17.6 Å². The maximum absolute atomic E-state index is 9.11. The van der Waals surface area contributed by atoms with Gasteiger partial charge < -0.3 is 9.84 Å². The lowest BCUT2D eigenvalue weighted by Crippen LogP contribution is -2.69. The van der Waals surface area contributed by atoms with Crippen LogP contribution in [0.1, 0.15) is 5.56 Å². The molecule has 0 bridgehead atoms. The van der Waals surface area contributed by atoms with Crippen molar-refractivity contribution in [1.29, 1.82) is 0 Å². The van der Waals surface area contributed by atoms with E-state index >= 15 is 0 Å². The number of ether oxygens (including phenoxy) is 1. The van der Waals surface area contributed by atoms with Gasteiger partial charge in [-0.3, -0.25) is 0 Å². The SMILES string of the molecule is Cc1ccc2c(c1)OCC(O)=[NH+]2. The first kappa shape index (κ1) is 7.16. The van der Waals surface area contributed by atoms with Crippen molar-refractivity contribution in [1.82, 2.24) is 0 Å². The summed E-state index contributed by atoms with van der Waals surface area (Å²) >= 11 is 0. The van der Waals surface area contributed by atoms with Gasteiger partial charge in [0.05, 0.1) is 0 Å². The molecule has 2 rings (SSSR count). The molecule has 1 aromatic rings. The molecule has 0 unspecified atom stereocenters. The Morgan fingerprint density at radius 1 is 1.50 bits per heavy atom. The normalized spacial score (nSPS) is 14.6. The van der Waals surface area contributed by atoms with E-state index in [1.54, 1.807) is 0 Å². The molecular formula is C9H10NO2+. The third kappa shape index (κ3) is 1.13. The van der Waals surface area contributed by atoms with Crippen molar-refractivity contribution in [3.8, 4) is 5.75 Å². The summed E-state index contributed by atoms with van der Waals surface area (Å²) < 4.78 is 5.27. The fourth-order valence-corrected chi connectivity index (χ4v) is 1.19. The minimum atomic E-state index is 0.159. The van der Waals surface area contributed by atoms with Gasteiger partial charge in [0.15, 0.2) is 5.75 Å². The number of rotatable bonds is 0. The van der Waals surface area contributed by atoms with Crippen LogP contribution in [-0.2, 0) is 0 Å². The Hall–Kier alpha value is -1.51. The molecule has 0 saturated carbocycles. The molecule has 2 N–H and O–H groups in total. The van der Waals surface area contributed by atoms with E-state index in [-0.39, 0.29) is 12.5 Å². The van der Waals surface area contributed by atoms with E-state index in [0.29, 0.717) is 0 Å². The van der Waals surface area contributed by atoms with Crippen molar-refractivity contribution in [3.05, 3.63) is 23.8 Å². The maximum atomic E-state index is 9.11. The number of aliphatic hydroxyl groups excluding tert-OH is 1. The molecule has 62 valence electrons. The summed E-state index contributed by atoms with van der Waals surface area (Å²) in [5, 5.41) is 9.11. The molecule has 0 fully saturated rings. The Morgan fingerprint density at radius 2 is 2.33 bits per heavy atom. The number of aliphatic hydroxyl groups is 1. The van der Waals surface area contributed by atoms with Gasteiger partial charge >= 0.3 is 5.90 Å². The maximum Gasteiger partial charge on any atom is 0.377 e. The van der Waals surface area contributed by atoms with Crippen molar-refractivity contribution in [2.24, 2.45) is 0 Å². The zero-order valence-electron chi connectivity index (χ0n) is 6.79. The summed E-state index contributed by atoms with van der Waals surface area (Å²) in [6.07, 6.45) is 0. The largest absolute Gasteiger partial charge is 0.472 e. The molecule has 3 heteroatoms. The summed E-state index contributed by atoms with van der Waals surface area (Å²) in [4.78, 5) is 2.83. The zero-order valence-corrected chi connectivity index (χ0v) is 6.79. The van der Waals surface area contributed by atoms with Crippen LogP contribution >= 0.6 is 0 Å². The highest BCUT2D eigenvalue weighted by Gasteiger charge is 2.17. The van der Waals surface area contributed by atoms with Gasteiger partial charge in [0.1, 0.15) is 0 Å². The van der Waals surface area contributed by atoms with Crippen LogP contribution in [0, 0.1) is 6.92 Å². The van der Waals surface area contributed by atoms with Gasteiger partial charge in [-0.25, -0.2) is 0 Å². The van der Waals surface area contributed by atoms with Crippen LogP contribution < -0.4 is 9.73 Å². The van der Waals surface area contributed by atoms with E-state index in [0.717, 1.165) is 17.0 Å². The zero-order chi connectivity index (χ0) is 8.55. The highest BCUT2D eigenvalue weighted by Crippen LogP contribution is 2.21.